The number of benzene rings is 4. The second kappa shape index (κ2) is 45.0. The Kier molecular flexibility index (Phi) is 34.7. The number of hydrogen-bond donors (Lipinski definition) is 2. The summed E-state index contributed by atoms with van der Waals surface area (Å²) in [5.41, 5.74) is 13.1. The topological polar surface area (TPSA) is 238 Å². The number of nitrogens with zero attached hydrogens (tertiary/aromatic N) is 6. The summed E-state index contributed by atoms with van der Waals surface area (Å²) in [4.78, 5) is 25.4. The molecule has 0 aliphatic carbocycles. The van der Waals surface area contributed by atoms with Crippen LogP contribution in [0.25, 0.3) is 0 Å². The molecule has 0 amide bonds. The fourth-order valence-electron chi connectivity index (χ4n) is 9.47. The van der Waals surface area contributed by atoms with E-state index in [1.807, 2.05) is 24.3 Å². The van der Waals surface area contributed by atoms with Crippen molar-refractivity contribution in [3.05, 3.63) is 128 Å². The number of piperidine rings is 2. The average molecular weight is 1410 g/mol. The van der Waals surface area contributed by atoms with Crippen molar-refractivity contribution in [3.63, 3.8) is 0 Å². The number of terminal acetylenes is 3. The van der Waals surface area contributed by atoms with Gasteiger partial charge in [-0.25, -0.2) is 16.8 Å². The molecule has 0 bridgehead atoms. The van der Waals surface area contributed by atoms with Crippen molar-refractivity contribution >= 4 is 42.8 Å². The van der Waals surface area contributed by atoms with Gasteiger partial charge < -0.3 is 20.9 Å². The summed E-state index contributed by atoms with van der Waals surface area (Å²) in [6, 6.07) is 25.5. The summed E-state index contributed by atoms with van der Waals surface area (Å²) in [6.45, 7) is 7.18. The summed E-state index contributed by atoms with van der Waals surface area (Å²) in [5, 5.41) is 21.7. The molecule has 0 radical (unpaired) electrons. The second-order valence-electron chi connectivity index (χ2n) is 20.6. The van der Waals surface area contributed by atoms with Gasteiger partial charge in [0.15, 0.2) is 0 Å². The molecule has 4 heterocycles. The van der Waals surface area contributed by atoms with Gasteiger partial charge in [0.2, 0.25) is 20.0 Å². The molecule has 4 aliphatic heterocycles. The van der Waals surface area contributed by atoms with Gasteiger partial charge in [-0.05, 0) is 256 Å². The van der Waals surface area contributed by atoms with E-state index in [1.165, 1.54) is 46.3 Å². The molecule has 20 heteroatoms. The maximum atomic E-state index is 13.3. The van der Waals surface area contributed by atoms with Crippen molar-refractivity contribution < 1.29 is 36.2 Å². The first-order valence-corrected chi connectivity index (χ1v) is 33.6. The van der Waals surface area contributed by atoms with Gasteiger partial charge in [0, 0.05) is 161 Å². The summed E-state index contributed by atoms with van der Waals surface area (Å²) in [6.07, 6.45) is 17.0. The highest BCUT2D eigenvalue weighted by molar-refractivity contribution is 7.89. The van der Waals surface area contributed by atoms with E-state index in [2.05, 4.69) is 253 Å². The van der Waals surface area contributed by atoms with E-state index in [9.17, 15) is 37.1 Å². The molecular formula is C85H54N8O10S2. The van der Waals surface area contributed by atoms with E-state index < -0.39 is 41.3 Å². The van der Waals surface area contributed by atoms with Gasteiger partial charge in [-0.2, -0.15) is 8.61 Å². The molecule has 2 spiro atoms. The average Bonchev–Trinajstić information content (AvgIpc) is 1.67. The van der Waals surface area contributed by atoms with E-state index in [4.69, 9.17) is 40.2 Å². The number of hydrogen-bond acceptors (Lipinski definition) is 14. The van der Waals surface area contributed by atoms with Crippen LogP contribution in [-0.2, 0) is 42.6 Å². The number of likely N-dealkylation sites (tertiary alicyclic amines) is 2. The van der Waals surface area contributed by atoms with Crippen LogP contribution in [0.4, 0.5) is 22.7 Å². The van der Waals surface area contributed by atoms with E-state index in [1.54, 1.807) is 47.6 Å². The Morgan fingerprint density at radius 2 is 0.600 bits per heavy atom. The third-order valence-electron chi connectivity index (χ3n) is 14.1. The number of sulfonamides is 2. The predicted octanol–water partition coefficient (Wildman–Crippen LogP) is 5.34. The smallest absolute Gasteiger partial charge is 0.269 e. The minimum Gasteiger partial charge on any atom is -0.399 e. The molecule has 0 aromatic heterocycles. The molecular weight excluding hydrogens is 1360 g/mol. The molecule has 18 nitrogen and oxygen atoms in total. The van der Waals surface area contributed by atoms with Crippen LogP contribution in [0.3, 0.4) is 0 Å². The lowest BCUT2D eigenvalue weighted by Crippen LogP contribution is -2.54. The molecule has 506 valence electrons. The quantitative estimate of drug-likeness (QED) is 0.0883. The highest BCUT2D eigenvalue weighted by Gasteiger charge is 2.52. The van der Waals surface area contributed by atoms with Gasteiger partial charge >= 0.3 is 0 Å². The lowest BCUT2D eigenvalue weighted by molar-refractivity contribution is -0.385. The van der Waals surface area contributed by atoms with Crippen LogP contribution in [0.15, 0.2) is 107 Å². The number of nitro groups is 2. The van der Waals surface area contributed by atoms with Crippen LogP contribution < -0.4 is 11.5 Å². The zero-order chi connectivity index (χ0) is 75.7. The number of anilines is 2. The number of rotatable bonds is 10. The molecule has 4 fully saturated rings. The van der Waals surface area contributed by atoms with Crippen LogP contribution in [0.5, 0.6) is 0 Å². The third-order valence-corrected chi connectivity index (χ3v) is 18.0. The van der Waals surface area contributed by atoms with Gasteiger partial charge in [-0.15, -0.1) is 19.3 Å². The van der Waals surface area contributed by atoms with Gasteiger partial charge in [0.05, 0.1) is 32.9 Å². The second-order valence-corrected chi connectivity index (χ2v) is 24.3. The largest absolute Gasteiger partial charge is 0.399 e. The lowest BCUT2D eigenvalue weighted by Gasteiger charge is -2.42. The number of nitrogen functional groups attached to an aromatic ring is 2. The van der Waals surface area contributed by atoms with Crippen LogP contribution in [0, 0.1) is 282 Å². The molecule has 4 N–H and O–H groups in total. The lowest BCUT2D eigenvalue weighted by atomic mass is 10.00. The molecule has 4 aromatic carbocycles. The van der Waals surface area contributed by atoms with Crippen molar-refractivity contribution in [1.29, 1.82) is 0 Å². The number of ether oxygens (including phenoxy) is 2. The van der Waals surface area contributed by atoms with E-state index in [0.29, 0.717) is 64.2 Å². The Balaban J connectivity index is 0.000000255. The molecule has 105 heavy (non-hydrogen) atoms. The molecule has 0 atom stereocenters. The van der Waals surface area contributed by atoms with Crippen molar-refractivity contribution in [2.24, 2.45) is 0 Å². The molecule has 4 saturated heterocycles. The predicted molar refractivity (Wildman–Crippen MR) is 402 cm³/mol. The van der Waals surface area contributed by atoms with Crippen molar-refractivity contribution in [3.8, 4) is 262 Å². The SMILES string of the molecule is C#CC#CC#CC#CC#CC#CC#CC#CC#CC#CC#C.C#CC#CC#CC#CC#CC#CC#CC#CC#CC#CC#CC.Nc1ccc(CN2CCC3(CC2)OCCN3S(=O)(=O)c2ccc(N)cc2)cc1.O=[N+]([O-])c1ccc(CN2CCC3(CC2)OCCN3S(=O)(=O)c2ccc([N+](=O)[O-])cc2)cc1. The van der Waals surface area contributed by atoms with Gasteiger partial charge in [0.1, 0.15) is 11.4 Å². The Hall–Kier alpha value is -14.7. The summed E-state index contributed by atoms with van der Waals surface area (Å²) < 4.78 is 67.8. The Bertz CT molecular complexity index is 5570. The highest BCUT2D eigenvalue weighted by Crippen LogP contribution is 2.40. The van der Waals surface area contributed by atoms with Crippen LogP contribution in [-0.4, -0.2) is 109 Å². The van der Waals surface area contributed by atoms with Gasteiger partial charge in [0.25, 0.3) is 11.4 Å². The fourth-order valence-corrected chi connectivity index (χ4v) is 12.9. The first kappa shape index (κ1) is 80.9. The molecule has 4 aliphatic rings. The number of nitrogens with two attached hydrogens (primary N) is 2. The van der Waals surface area contributed by atoms with Crippen LogP contribution >= 0.6 is 0 Å². The van der Waals surface area contributed by atoms with Crippen LogP contribution in [0.2, 0.25) is 0 Å². The first-order chi connectivity index (χ1) is 50.9. The van der Waals surface area contributed by atoms with Crippen LogP contribution in [0.1, 0.15) is 43.7 Å². The standard InChI is InChI=1S/C23H4.C22H2.C20H22N4O7S.C20H26N4O3S/c1-3-5-7-9-11-13-15-17-19-21-23-22-20-18-16-14-12-10-8-6-4-2;1-3-5-7-9-11-13-15-17-19-21-22-20-18-16-14-12-10-8-6-4-2;25-23(26)17-3-1-16(2-4-17)15-21-11-9-20(10-12-21)22(13-14-31-20)32(29,30)19-7-5-18(6-8-19)24(27)28;21-17-3-1-16(2-4-17)15-23-11-9-20(10-12-23)24(13-14-27-20)28(25,26)19-7-5-18(22)6-8-19/h1H,2H3;1-2H;1-8H,9-15H2;1-8H,9-15,21-22H2. The zero-order valence-corrected chi connectivity index (χ0v) is 57.7. The van der Waals surface area contributed by atoms with E-state index >= 15 is 0 Å². The van der Waals surface area contributed by atoms with Gasteiger partial charge in [-0.3, -0.25) is 30.0 Å². The van der Waals surface area contributed by atoms with Crippen molar-refractivity contribution in [2.75, 3.05) is 63.9 Å². The minimum atomic E-state index is -3.88. The summed E-state index contributed by atoms with van der Waals surface area (Å²) >= 11 is 0. The maximum Gasteiger partial charge on any atom is 0.269 e. The highest BCUT2D eigenvalue weighted by atomic mass is 32.2. The number of non-ortho nitro benzene ring substituents is 2. The monoisotopic (exact) mass is 1410 g/mol. The van der Waals surface area contributed by atoms with E-state index in [-0.39, 0.29) is 34.3 Å². The van der Waals surface area contributed by atoms with Crippen molar-refractivity contribution in [1.82, 2.24) is 18.4 Å². The van der Waals surface area contributed by atoms with Gasteiger partial charge in [-0.1, -0.05) is 30.2 Å². The van der Waals surface area contributed by atoms with E-state index in [0.717, 1.165) is 30.9 Å². The Labute approximate surface area is 615 Å². The minimum absolute atomic E-state index is 0.00119. The number of nitro benzene ring substituents is 2. The molecule has 0 unspecified atom stereocenters. The normalized spacial score (nSPS) is 13.0. The third kappa shape index (κ3) is 28.6. The molecule has 8 rings (SSSR count). The van der Waals surface area contributed by atoms with Crippen molar-refractivity contribution in [2.45, 2.75) is 66.9 Å². The fraction of sp³-hybridized carbons (Fsp3) is 0.200. The Morgan fingerprint density at radius 3 is 0.857 bits per heavy atom. The maximum absolute atomic E-state index is 13.3. The molecule has 4 aromatic rings. The zero-order valence-electron chi connectivity index (χ0n) is 56.1. The Morgan fingerprint density at radius 1 is 0.371 bits per heavy atom. The first-order valence-electron chi connectivity index (χ1n) is 30.7. The molecule has 0 saturated carbocycles. The summed E-state index contributed by atoms with van der Waals surface area (Å²) in [7, 11) is -7.50. The summed E-state index contributed by atoms with van der Waals surface area (Å²) in [5.74, 6) is 100.